The molecule has 0 bridgehead atoms. The number of ketones is 1. The molecule has 0 radical (unpaired) electrons. The second kappa shape index (κ2) is 7.96. The fourth-order valence-corrected chi connectivity index (χ4v) is 3.26. The lowest BCUT2D eigenvalue weighted by molar-refractivity contribution is 0.103. The molecule has 4 heteroatoms. The number of carbonyl (C=O) groups is 1. The summed E-state index contributed by atoms with van der Waals surface area (Å²) in [6, 6.07) is 16.5. The molecule has 1 heterocycles. The lowest BCUT2D eigenvalue weighted by Crippen LogP contribution is -2.33. The van der Waals surface area contributed by atoms with Crippen LogP contribution in [0, 0.1) is 11.3 Å². The van der Waals surface area contributed by atoms with Gasteiger partial charge in [-0.15, -0.1) is 0 Å². The molecule has 1 fully saturated rings. The Morgan fingerprint density at radius 2 is 1.80 bits per heavy atom. The Bertz CT molecular complexity index is 760. The van der Waals surface area contributed by atoms with Crippen LogP contribution in [0.3, 0.4) is 0 Å². The number of rotatable bonds is 6. The molecule has 0 amide bonds. The van der Waals surface area contributed by atoms with E-state index in [1.165, 1.54) is 12.8 Å². The lowest BCUT2D eigenvalue weighted by atomic mass is 10.0. The van der Waals surface area contributed by atoms with Crippen molar-refractivity contribution in [1.82, 2.24) is 4.90 Å². The maximum Gasteiger partial charge on any atom is 0.193 e. The van der Waals surface area contributed by atoms with Gasteiger partial charge in [0.15, 0.2) is 5.78 Å². The zero-order valence-corrected chi connectivity index (χ0v) is 14.4. The third-order valence-corrected chi connectivity index (χ3v) is 4.74. The number of likely N-dealkylation sites (N-methyl/N-ethyl adjacent to an activating group) is 1. The van der Waals surface area contributed by atoms with Gasteiger partial charge in [-0.2, -0.15) is 5.26 Å². The standard InChI is InChI=1S/C21H22N2O2/c1-2-23-13-3-4-19(23)15-25-20-11-9-18(10-12-20)21(24)17-7-5-16(14-22)6-8-17/h5-12,19H,2-4,13,15H2,1H3. The Morgan fingerprint density at radius 3 is 2.40 bits per heavy atom. The summed E-state index contributed by atoms with van der Waals surface area (Å²) in [7, 11) is 0. The van der Waals surface area contributed by atoms with Gasteiger partial charge in [0.05, 0.1) is 11.6 Å². The molecule has 0 N–H and O–H groups in total. The van der Waals surface area contributed by atoms with E-state index in [9.17, 15) is 4.79 Å². The molecule has 0 spiro atoms. The monoisotopic (exact) mass is 334 g/mol. The van der Waals surface area contributed by atoms with Crippen molar-refractivity contribution in [3.05, 3.63) is 65.2 Å². The summed E-state index contributed by atoms with van der Waals surface area (Å²) in [6.07, 6.45) is 2.42. The molecule has 128 valence electrons. The topological polar surface area (TPSA) is 53.3 Å². The molecule has 2 aromatic rings. The summed E-state index contributed by atoms with van der Waals surface area (Å²) in [5.41, 5.74) is 1.75. The third-order valence-electron chi connectivity index (χ3n) is 4.74. The molecule has 2 aromatic carbocycles. The SMILES string of the molecule is CCN1CCCC1COc1ccc(C(=O)c2ccc(C#N)cc2)cc1. The van der Waals surface area contributed by atoms with E-state index >= 15 is 0 Å². The predicted octanol–water partition coefficient (Wildman–Crippen LogP) is 3.65. The minimum Gasteiger partial charge on any atom is -0.492 e. The minimum absolute atomic E-state index is 0.0519. The summed E-state index contributed by atoms with van der Waals surface area (Å²) < 4.78 is 5.90. The summed E-state index contributed by atoms with van der Waals surface area (Å²) in [4.78, 5) is 14.9. The van der Waals surface area contributed by atoms with E-state index in [1.807, 2.05) is 12.1 Å². The van der Waals surface area contributed by atoms with Crippen LogP contribution in [0.4, 0.5) is 0 Å². The van der Waals surface area contributed by atoms with Gasteiger partial charge >= 0.3 is 0 Å². The molecular formula is C21H22N2O2. The Labute approximate surface area is 148 Å². The van der Waals surface area contributed by atoms with E-state index in [4.69, 9.17) is 10.00 Å². The van der Waals surface area contributed by atoms with Crippen molar-refractivity contribution in [2.45, 2.75) is 25.8 Å². The average molecular weight is 334 g/mol. The van der Waals surface area contributed by atoms with E-state index in [0.717, 1.165) is 18.8 Å². The summed E-state index contributed by atoms with van der Waals surface area (Å²) in [6.45, 7) is 5.09. The highest BCUT2D eigenvalue weighted by atomic mass is 16.5. The Hall–Kier alpha value is -2.64. The number of hydrogen-bond acceptors (Lipinski definition) is 4. The van der Waals surface area contributed by atoms with Crippen LogP contribution < -0.4 is 4.74 Å². The summed E-state index contributed by atoms with van der Waals surface area (Å²) >= 11 is 0. The van der Waals surface area contributed by atoms with Crippen molar-refractivity contribution in [3.8, 4) is 11.8 Å². The predicted molar refractivity (Wildman–Crippen MR) is 96.8 cm³/mol. The fraction of sp³-hybridized carbons (Fsp3) is 0.333. The highest BCUT2D eigenvalue weighted by Crippen LogP contribution is 2.20. The maximum absolute atomic E-state index is 12.5. The van der Waals surface area contributed by atoms with Crippen LogP contribution in [0.2, 0.25) is 0 Å². The van der Waals surface area contributed by atoms with E-state index in [1.54, 1.807) is 36.4 Å². The zero-order chi connectivity index (χ0) is 17.6. The first kappa shape index (κ1) is 17.2. The van der Waals surface area contributed by atoms with Crippen LogP contribution in [0.25, 0.3) is 0 Å². The molecule has 1 aliphatic rings. The van der Waals surface area contributed by atoms with Crippen LogP contribution in [0.1, 0.15) is 41.3 Å². The molecule has 1 aliphatic heterocycles. The largest absolute Gasteiger partial charge is 0.492 e. The van der Waals surface area contributed by atoms with Crippen molar-refractivity contribution in [2.75, 3.05) is 19.7 Å². The van der Waals surface area contributed by atoms with Crippen molar-refractivity contribution >= 4 is 5.78 Å². The molecule has 1 unspecified atom stereocenters. The van der Waals surface area contributed by atoms with Crippen LogP contribution in [0.5, 0.6) is 5.75 Å². The van der Waals surface area contributed by atoms with Crippen molar-refractivity contribution < 1.29 is 9.53 Å². The Morgan fingerprint density at radius 1 is 1.16 bits per heavy atom. The van der Waals surface area contributed by atoms with E-state index in [0.29, 0.717) is 29.3 Å². The number of nitriles is 1. The van der Waals surface area contributed by atoms with Crippen molar-refractivity contribution in [3.63, 3.8) is 0 Å². The van der Waals surface area contributed by atoms with Crippen molar-refractivity contribution in [2.24, 2.45) is 0 Å². The fourth-order valence-electron chi connectivity index (χ4n) is 3.26. The molecule has 0 aromatic heterocycles. The van der Waals surface area contributed by atoms with E-state index in [2.05, 4.69) is 17.9 Å². The van der Waals surface area contributed by atoms with Crippen LogP contribution in [0.15, 0.2) is 48.5 Å². The van der Waals surface area contributed by atoms with E-state index < -0.39 is 0 Å². The van der Waals surface area contributed by atoms with Gasteiger partial charge < -0.3 is 4.74 Å². The number of benzene rings is 2. The average Bonchev–Trinajstić information content (AvgIpc) is 3.14. The number of likely N-dealkylation sites (tertiary alicyclic amines) is 1. The Kier molecular flexibility index (Phi) is 5.47. The highest BCUT2D eigenvalue weighted by molar-refractivity contribution is 6.09. The first-order chi connectivity index (χ1) is 12.2. The van der Waals surface area contributed by atoms with Gasteiger partial charge in [-0.1, -0.05) is 6.92 Å². The molecule has 0 aliphatic carbocycles. The first-order valence-electron chi connectivity index (χ1n) is 8.73. The van der Waals surface area contributed by atoms with Crippen molar-refractivity contribution in [1.29, 1.82) is 5.26 Å². The maximum atomic E-state index is 12.5. The normalized spacial score (nSPS) is 17.2. The molecule has 3 rings (SSSR count). The quantitative estimate of drug-likeness (QED) is 0.757. The highest BCUT2D eigenvalue weighted by Gasteiger charge is 2.23. The molecular weight excluding hydrogens is 312 g/mol. The van der Waals surface area contributed by atoms with Gasteiger partial charge in [-0.25, -0.2) is 0 Å². The summed E-state index contributed by atoms with van der Waals surface area (Å²) in [5.74, 6) is 0.739. The number of carbonyl (C=O) groups excluding carboxylic acids is 1. The smallest absolute Gasteiger partial charge is 0.193 e. The van der Waals surface area contributed by atoms with Gasteiger partial charge in [-0.3, -0.25) is 9.69 Å². The number of ether oxygens (including phenoxy) is 1. The lowest BCUT2D eigenvalue weighted by Gasteiger charge is -2.22. The third kappa shape index (κ3) is 4.07. The van der Waals surface area contributed by atoms with Crippen LogP contribution in [-0.2, 0) is 0 Å². The summed E-state index contributed by atoms with van der Waals surface area (Å²) in [5, 5.41) is 8.82. The molecule has 4 nitrogen and oxygen atoms in total. The van der Waals surface area contributed by atoms with Gasteiger partial charge in [-0.05, 0) is 74.5 Å². The second-order valence-electron chi connectivity index (χ2n) is 6.28. The zero-order valence-electron chi connectivity index (χ0n) is 14.4. The van der Waals surface area contributed by atoms with Gasteiger partial charge in [0, 0.05) is 17.2 Å². The van der Waals surface area contributed by atoms with Crippen LogP contribution in [-0.4, -0.2) is 36.4 Å². The Balaban J connectivity index is 1.61. The molecule has 0 saturated carbocycles. The molecule has 1 atom stereocenters. The van der Waals surface area contributed by atoms with Crippen LogP contribution >= 0.6 is 0 Å². The molecule has 25 heavy (non-hydrogen) atoms. The first-order valence-corrected chi connectivity index (χ1v) is 8.73. The van der Waals surface area contributed by atoms with E-state index in [-0.39, 0.29) is 5.78 Å². The minimum atomic E-state index is -0.0519. The number of nitrogens with zero attached hydrogens (tertiary/aromatic N) is 2. The second-order valence-corrected chi connectivity index (χ2v) is 6.28. The van der Waals surface area contributed by atoms with Gasteiger partial charge in [0.25, 0.3) is 0 Å². The van der Waals surface area contributed by atoms with Gasteiger partial charge in [0.1, 0.15) is 12.4 Å². The number of hydrogen-bond donors (Lipinski definition) is 0. The van der Waals surface area contributed by atoms with Gasteiger partial charge in [0.2, 0.25) is 0 Å². The molecule has 1 saturated heterocycles.